The molecule has 0 unspecified atom stereocenters. The van der Waals surface area contributed by atoms with Crippen molar-refractivity contribution in [1.29, 1.82) is 0 Å². The first-order valence-electron chi connectivity index (χ1n) is 7.52. The van der Waals surface area contributed by atoms with Gasteiger partial charge in [-0.25, -0.2) is 4.79 Å². The summed E-state index contributed by atoms with van der Waals surface area (Å²) in [6.45, 7) is 3.31. The molecule has 128 valence electrons. The molecule has 0 spiro atoms. The highest BCUT2D eigenvalue weighted by atomic mass is 32.2. The number of aryl methyl sites for hydroxylation is 1. The lowest BCUT2D eigenvalue weighted by Gasteiger charge is -2.06. The zero-order chi connectivity index (χ0) is 18.2. The van der Waals surface area contributed by atoms with Crippen molar-refractivity contribution in [2.45, 2.75) is 18.7 Å². The third-order valence-corrected chi connectivity index (χ3v) is 5.42. The second-order valence-corrected chi connectivity index (χ2v) is 7.46. The third-order valence-electron chi connectivity index (χ3n) is 3.82. The third kappa shape index (κ3) is 3.06. The second-order valence-electron chi connectivity index (χ2n) is 5.70. The fourth-order valence-corrected chi connectivity index (χ4v) is 3.72. The van der Waals surface area contributed by atoms with E-state index in [1.807, 2.05) is 6.92 Å². The van der Waals surface area contributed by atoms with Gasteiger partial charge in [0.05, 0.1) is 16.1 Å². The van der Waals surface area contributed by atoms with Crippen molar-refractivity contribution in [3.63, 3.8) is 0 Å². The van der Waals surface area contributed by atoms with Crippen LogP contribution in [0.4, 0.5) is 0 Å². The molecule has 0 radical (unpaired) electrons. The number of hydrogen-bond acceptors (Lipinski definition) is 4. The topological polar surface area (TPSA) is 89.3 Å². The summed E-state index contributed by atoms with van der Waals surface area (Å²) >= 11 is 0. The van der Waals surface area contributed by atoms with E-state index in [0.717, 1.165) is 9.65 Å². The number of carboxylic acids is 1. The lowest BCUT2D eigenvalue weighted by molar-refractivity contribution is -0.132. The van der Waals surface area contributed by atoms with E-state index in [1.165, 1.54) is 25.1 Å². The number of fused-ring (bicyclic) bond motifs is 1. The van der Waals surface area contributed by atoms with Crippen molar-refractivity contribution in [3.8, 4) is 0 Å². The van der Waals surface area contributed by atoms with E-state index in [-0.39, 0.29) is 10.5 Å². The highest BCUT2D eigenvalue weighted by Crippen LogP contribution is 2.25. The Morgan fingerprint density at radius 3 is 2.40 bits per heavy atom. The molecule has 0 fully saturated rings. The molecule has 6 nitrogen and oxygen atoms in total. The van der Waals surface area contributed by atoms with Gasteiger partial charge >= 0.3 is 5.97 Å². The molecule has 2 aromatic carbocycles. The summed E-state index contributed by atoms with van der Waals surface area (Å²) in [6.07, 6.45) is 1.37. The van der Waals surface area contributed by atoms with E-state index in [9.17, 15) is 13.2 Å². The first kappa shape index (κ1) is 16.9. The molecular formula is C18H16N2O4S. The van der Waals surface area contributed by atoms with Gasteiger partial charge in [-0.05, 0) is 38.1 Å². The Morgan fingerprint density at radius 2 is 1.76 bits per heavy atom. The standard InChI is InChI=1S/C18H16N2O4S/c1-12-7-9-14(10-8-12)25(23,24)20-17-6-4-3-5-15(17)16(19-20)11-13(2)18(21)22/h3-11H,1-2H3,(H,21,22)/b13-11+. The Bertz CT molecular complexity index is 1090. The number of hydrogen-bond donors (Lipinski definition) is 1. The lowest BCUT2D eigenvalue weighted by atomic mass is 10.1. The quantitative estimate of drug-likeness (QED) is 0.726. The van der Waals surface area contributed by atoms with Crippen LogP contribution < -0.4 is 0 Å². The van der Waals surface area contributed by atoms with Crippen LogP contribution in [0, 0.1) is 6.92 Å². The Morgan fingerprint density at radius 1 is 1.12 bits per heavy atom. The lowest BCUT2D eigenvalue weighted by Crippen LogP contribution is -2.14. The van der Waals surface area contributed by atoms with Crippen LogP contribution in [-0.2, 0) is 14.8 Å². The highest BCUT2D eigenvalue weighted by Gasteiger charge is 2.22. The Kier molecular flexibility index (Phi) is 4.18. The van der Waals surface area contributed by atoms with E-state index in [0.29, 0.717) is 16.6 Å². The van der Waals surface area contributed by atoms with Crippen molar-refractivity contribution in [2.24, 2.45) is 0 Å². The predicted octanol–water partition coefficient (Wildman–Crippen LogP) is 3.07. The van der Waals surface area contributed by atoms with Crippen molar-refractivity contribution in [1.82, 2.24) is 9.19 Å². The highest BCUT2D eigenvalue weighted by molar-refractivity contribution is 7.90. The molecule has 1 N–H and O–H groups in total. The first-order chi connectivity index (χ1) is 11.8. The van der Waals surface area contributed by atoms with E-state index in [2.05, 4.69) is 5.10 Å². The van der Waals surface area contributed by atoms with Crippen LogP contribution in [0.15, 0.2) is 59.0 Å². The Balaban J connectivity index is 2.25. The molecule has 0 aliphatic rings. The molecule has 0 atom stereocenters. The second kappa shape index (κ2) is 6.18. The number of carboxylic acid groups (broad SMARTS) is 1. The number of carbonyl (C=O) groups is 1. The molecule has 0 aliphatic carbocycles. The summed E-state index contributed by atoms with van der Waals surface area (Å²) in [5.41, 5.74) is 1.71. The fraction of sp³-hybridized carbons (Fsp3) is 0.111. The van der Waals surface area contributed by atoms with Gasteiger partial charge in [-0.2, -0.15) is 17.6 Å². The van der Waals surface area contributed by atoms with Gasteiger partial charge in [-0.15, -0.1) is 0 Å². The minimum absolute atomic E-state index is 0.0723. The molecular weight excluding hydrogens is 340 g/mol. The van der Waals surface area contributed by atoms with E-state index in [4.69, 9.17) is 5.11 Å². The van der Waals surface area contributed by atoms with Gasteiger partial charge in [0.2, 0.25) is 0 Å². The zero-order valence-electron chi connectivity index (χ0n) is 13.7. The first-order valence-corrected chi connectivity index (χ1v) is 8.96. The van der Waals surface area contributed by atoms with Gasteiger partial charge in [-0.3, -0.25) is 0 Å². The minimum Gasteiger partial charge on any atom is -0.478 e. The number of nitrogens with zero attached hydrogens (tertiary/aromatic N) is 2. The molecule has 3 aromatic rings. The van der Waals surface area contributed by atoms with E-state index >= 15 is 0 Å². The number of rotatable bonds is 4. The Labute approximate surface area is 145 Å². The summed E-state index contributed by atoms with van der Waals surface area (Å²) in [6, 6.07) is 13.3. The molecule has 1 aromatic heterocycles. The van der Waals surface area contributed by atoms with Crippen molar-refractivity contribution >= 4 is 33.0 Å². The number of aliphatic carboxylic acids is 1. The van der Waals surface area contributed by atoms with Crippen LogP contribution in [0.25, 0.3) is 17.0 Å². The van der Waals surface area contributed by atoms with Gasteiger partial charge < -0.3 is 5.11 Å². The summed E-state index contributed by atoms with van der Waals surface area (Å²) in [5, 5.41) is 13.8. The van der Waals surface area contributed by atoms with Crippen LogP contribution in [0.1, 0.15) is 18.2 Å². The van der Waals surface area contributed by atoms with Gasteiger partial charge in [0, 0.05) is 11.0 Å². The molecule has 3 rings (SSSR count). The van der Waals surface area contributed by atoms with Gasteiger partial charge in [0.25, 0.3) is 10.0 Å². The maximum atomic E-state index is 13.0. The van der Waals surface area contributed by atoms with Crippen molar-refractivity contribution in [3.05, 3.63) is 65.4 Å². The molecule has 7 heteroatoms. The number of para-hydroxylation sites is 1. The predicted molar refractivity (Wildman–Crippen MR) is 94.8 cm³/mol. The van der Waals surface area contributed by atoms with Gasteiger partial charge in [0.15, 0.2) is 0 Å². The van der Waals surface area contributed by atoms with Crippen LogP contribution in [0.3, 0.4) is 0 Å². The average molecular weight is 356 g/mol. The van der Waals surface area contributed by atoms with Crippen molar-refractivity contribution < 1.29 is 18.3 Å². The molecule has 25 heavy (non-hydrogen) atoms. The number of aromatic nitrogens is 2. The number of benzene rings is 2. The molecule has 1 heterocycles. The molecule has 0 saturated carbocycles. The normalized spacial score (nSPS) is 12.5. The fourth-order valence-electron chi connectivity index (χ4n) is 2.43. The van der Waals surface area contributed by atoms with Crippen LogP contribution in [0.2, 0.25) is 0 Å². The van der Waals surface area contributed by atoms with Crippen LogP contribution >= 0.6 is 0 Å². The summed E-state index contributed by atoms with van der Waals surface area (Å²) < 4.78 is 26.9. The maximum absolute atomic E-state index is 13.0. The molecule has 0 bridgehead atoms. The minimum atomic E-state index is -3.89. The molecule has 0 saturated heterocycles. The van der Waals surface area contributed by atoms with Crippen molar-refractivity contribution in [2.75, 3.05) is 0 Å². The molecule has 0 amide bonds. The zero-order valence-corrected chi connectivity index (χ0v) is 14.5. The summed E-state index contributed by atoms with van der Waals surface area (Å²) in [7, 11) is -3.89. The van der Waals surface area contributed by atoms with Gasteiger partial charge in [-0.1, -0.05) is 35.9 Å². The average Bonchev–Trinajstić information content (AvgIpc) is 2.95. The summed E-state index contributed by atoms with van der Waals surface area (Å²) in [4.78, 5) is 11.2. The SMILES string of the molecule is C/C(=C\c1nn(S(=O)(=O)c2ccc(C)cc2)c2ccccc12)C(=O)O. The summed E-state index contributed by atoms with van der Waals surface area (Å²) in [5.74, 6) is -1.08. The van der Waals surface area contributed by atoms with Crippen LogP contribution in [0.5, 0.6) is 0 Å². The van der Waals surface area contributed by atoms with Gasteiger partial charge in [0.1, 0.15) is 0 Å². The Hall–Kier alpha value is -2.93. The van der Waals surface area contributed by atoms with Crippen LogP contribution in [-0.4, -0.2) is 28.7 Å². The monoisotopic (exact) mass is 356 g/mol. The largest absolute Gasteiger partial charge is 0.478 e. The molecule has 0 aliphatic heterocycles. The van der Waals surface area contributed by atoms with E-state index < -0.39 is 16.0 Å². The van der Waals surface area contributed by atoms with E-state index in [1.54, 1.807) is 36.4 Å². The maximum Gasteiger partial charge on any atom is 0.331 e. The smallest absolute Gasteiger partial charge is 0.331 e.